The summed E-state index contributed by atoms with van der Waals surface area (Å²) in [5.41, 5.74) is -0.884. The lowest BCUT2D eigenvalue weighted by Crippen LogP contribution is -2.38. The minimum atomic E-state index is -1.78. The van der Waals surface area contributed by atoms with Gasteiger partial charge in [-0.05, 0) is 26.7 Å². The van der Waals surface area contributed by atoms with Gasteiger partial charge in [0.1, 0.15) is 0 Å². The van der Waals surface area contributed by atoms with Gasteiger partial charge in [-0.1, -0.05) is 17.7 Å². The normalized spacial score (nSPS) is 10.5. The topological polar surface area (TPSA) is 74.6 Å². The van der Waals surface area contributed by atoms with Gasteiger partial charge in [0.05, 0.1) is 0 Å². The van der Waals surface area contributed by atoms with Crippen molar-refractivity contribution in [3.8, 4) is 0 Å². The molecule has 4 heteroatoms. The van der Waals surface area contributed by atoms with Crippen molar-refractivity contribution in [3.05, 3.63) is 24.3 Å². The molecule has 4 nitrogen and oxygen atoms in total. The van der Waals surface area contributed by atoms with E-state index in [9.17, 15) is 9.59 Å². The van der Waals surface area contributed by atoms with Crippen LogP contribution in [0.15, 0.2) is 24.3 Å². The predicted octanol–water partition coefficient (Wildman–Crippen LogP) is 2.07. The third-order valence-corrected chi connectivity index (χ3v) is 2.17. The summed E-state index contributed by atoms with van der Waals surface area (Å²) in [7, 11) is 0. The third-order valence-electron chi connectivity index (χ3n) is 2.17. The highest BCUT2D eigenvalue weighted by atomic mass is 16.4. The van der Waals surface area contributed by atoms with Crippen molar-refractivity contribution in [1.82, 2.24) is 0 Å². The van der Waals surface area contributed by atoms with Crippen LogP contribution in [-0.4, -0.2) is 22.2 Å². The Morgan fingerprint density at radius 3 is 1.93 bits per heavy atom. The van der Waals surface area contributed by atoms with Crippen LogP contribution < -0.4 is 0 Å². The van der Waals surface area contributed by atoms with Crippen LogP contribution >= 0.6 is 0 Å². The number of carboxylic acid groups (broad SMARTS) is 2. The van der Waals surface area contributed by atoms with Crippen molar-refractivity contribution in [2.24, 2.45) is 5.41 Å². The zero-order valence-electron chi connectivity index (χ0n) is 8.99. The maximum atomic E-state index is 11.0. The molecule has 0 atom stereocenters. The maximum absolute atomic E-state index is 11.0. The first-order chi connectivity index (χ1) is 6.86. The summed E-state index contributed by atoms with van der Waals surface area (Å²) in [5.74, 6) is -2.65. The van der Waals surface area contributed by atoms with Gasteiger partial charge in [-0.15, -0.1) is 6.58 Å². The van der Waals surface area contributed by atoms with E-state index in [0.717, 1.165) is 5.57 Å². The fourth-order valence-corrected chi connectivity index (χ4v) is 1.15. The maximum Gasteiger partial charge on any atom is 0.321 e. The number of hydrogen-bond donors (Lipinski definition) is 2. The van der Waals surface area contributed by atoms with Crippen LogP contribution in [-0.2, 0) is 9.59 Å². The fourth-order valence-electron chi connectivity index (χ4n) is 1.15. The summed E-state index contributed by atoms with van der Waals surface area (Å²) >= 11 is 0. The Hall–Kier alpha value is -1.58. The SMILES string of the molecule is C=CCC(CC=C(C)C)(C(=O)O)C(=O)O. The molecule has 0 amide bonds. The molecule has 0 aliphatic heterocycles. The Morgan fingerprint density at radius 2 is 1.67 bits per heavy atom. The summed E-state index contributed by atoms with van der Waals surface area (Å²) in [6, 6.07) is 0. The highest BCUT2D eigenvalue weighted by Crippen LogP contribution is 2.29. The van der Waals surface area contributed by atoms with Crippen molar-refractivity contribution in [3.63, 3.8) is 0 Å². The van der Waals surface area contributed by atoms with Crippen LogP contribution in [0.3, 0.4) is 0 Å². The molecule has 0 unspecified atom stereocenters. The number of aliphatic carboxylic acids is 2. The number of carbonyl (C=O) groups is 2. The second kappa shape index (κ2) is 5.34. The summed E-state index contributed by atoms with van der Waals surface area (Å²) in [4.78, 5) is 22.0. The Balaban J connectivity index is 5.13. The summed E-state index contributed by atoms with van der Waals surface area (Å²) < 4.78 is 0. The molecule has 2 N–H and O–H groups in total. The number of hydrogen-bond acceptors (Lipinski definition) is 2. The van der Waals surface area contributed by atoms with Crippen molar-refractivity contribution in [2.75, 3.05) is 0 Å². The van der Waals surface area contributed by atoms with Gasteiger partial charge < -0.3 is 10.2 Å². The molecular formula is C11H16O4. The van der Waals surface area contributed by atoms with E-state index in [-0.39, 0.29) is 12.8 Å². The number of allylic oxidation sites excluding steroid dienone is 3. The van der Waals surface area contributed by atoms with Crippen LogP contribution in [0.4, 0.5) is 0 Å². The van der Waals surface area contributed by atoms with Gasteiger partial charge in [0.25, 0.3) is 0 Å². The van der Waals surface area contributed by atoms with Crippen molar-refractivity contribution >= 4 is 11.9 Å². The lowest BCUT2D eigenvalue weighted by atomic mass is 9.80. The molecule has 0 fully saturated rings. The smallest absolute Gasteiger partial charge is 0.321 e. The van der Waals surface area contributed by atoms with Gasteiger partial charge in [-0.2, -0.15) is 0 Å². The van der Waals surface area contributed by atoms with E-state index in [1.807, 2.05) is 0 Å². The highest BCUT2D eigenvalue weighted by molar-refractivity contribution is 5.98. The van der Waals surface area contributed by atoms with Crippen molar-refractivity contribution in [2.45, 2.75) is 26.7 Å². The Labute approximate surface area is 88.9 Å². The molecule has 15 heavy (non-hydrogen) atoms. The first-order valence-corrected chi connectivity index (χ1v) is 4.58. The number of carboxylic acids is 2. The predicted molar refractivity (Wildman–Crippen MR) is 56.6 cm³/mol. The van der Waals surface area contributed by atoms with Gasteiger partial charge in [0, 0.05) is 0 Å². The molecule has 0 bridgehead atoms. The monoisotopic (exact) mass is 212 g/mol. The summed E-state index contributed by atoms with van der Waals surface area (Å²) in [6.45, 7) is 6.98. The second-order valence-corrected chi connectivity index (χ2v) is 3.67. The van der Waals surface area contributed by atoms with Gasteiger partial charge in [0.15, 0.2) is 5.41 Å². The molecule has 0 aromatic carbocycles. The molecule has 0 saturated carbocycles. The van der Waals surface area contributed by atoms with Crippen LogP contribution in [0.5, 0.6) is 0 Å². The van der Waals surface area contributed by atoms with E-state index in [1.165, 1.54) is 6.08 Å². The van der Waals surface area contributed by atoms with Crippen LogP contribution in [0.2, 0.25) is 0 Å². The molecule has 0 aliphatic rings. The van der Waals surface area contributed by atoms with Gasteiger partial charge in [-0.25, -0.2) is 0 Å². The largest absolute Gasteiger partial charge is 0.480 e. The molecule has 0 aromatic rings. The van der Waals surface area contributed by atoms with Gasteiger partial charge in [0.2, 0.25) is 0 Å². The van der Waals surface area contributed by atoms with Crippen LogP contribution in [0.25, 0.3) is 0 Å². The van der Waals surface area contributed by atoms with Crippen LogP contribution in [0, 0.1) is 5.41 Å². The van der Waals surface area contributed by atoms with Crippen molar-refractivity contribution < 1.29 is 19.8 Å². The fraction of sp³-hybridized carbons (Fsp3) is 0.455. The van der Waals surface area contributed by atoms with E-state index in [2.05, 4.69) is 6.58 Å². The Bertz CT molecular complexity index is 284. The van der Waals surface area contributed by atoms with E-state index in [1.54, 1.807) is 19.9 Å². The van der Waals surface area contributed by atoms with E-state index in [0.29, 0.717) is 0 Å². The zero-order valence-corrected chi connectivity index (χ0v) is 8.99. The molecule has 0 rings (SSSR count). The van der Waals surface area contributed by atoms with Gasteiger partial charge in [-0.3, -0.25) is 9.59 Å². The minimum absolute atomic E-state index is 0.0218. The molecule has 0 spiro atoms. The Morgan fingerprint density at radius 1 is 1.20 bits per heavy atom. The van der Waals surface area contributed by atoms with E-state index >= 15 is 0 Å². The molecule has 84 valence electrons. The molecule has 0 radical (unpaired) electrons. The third kappa shape index (κ3) is 3.23. The number of rotatable bonds is 6. The minimum Gasteiger partial charge on any atom is -0.480 e. The lowest BCUT2D eigenvalue weighted by molar-refractivity contribution is -0.164. The average molecular weight is 212 g/mol. The van der Waals surface area contributed by atoms with Crippen LogP contribution in [0.1, 0.15) is 26.7 Å². The van der Waals surface area contributed by atoms with Crippen molar-refractivity contribution in [1.29, 1.82) is 0 Å². The first-order valence-electron chi connectivity index (χ1n) is 4.58. The molecule has 0 heterocycles. The molecule has 0 saturated heterocycles. The Kier molecular flexibility index (Phi) is 4.78. The molecular weight excluding hydrogens is 196 g/mol. The first kappa shape index (κ1) is 13.4. The van der Waals surface area contributed by atoms with E-state index in [4.69, 9.17) is 10.2 Å². The van der Waals surface area contributed by atoms with E-state index < -0.39 is 17.4 Å². The highest BCUT2D eigenvalue weighted by Gasteiger charge is 2.44. The molecule has 0 aliphatic carbocycles. The summed E-state index contributed by atoms with van der Waals surface area (Å²) in [5, 5.41) is 18.0. The lowest BCUT2D eigenvalue weighted by Gasteiger charge is -2.21. The molecule has 0 aromatic heterocycles. The second-order valence-electron chi connectivity index (χ2n) is 3.67. The van der Waals surface area contributed by atoms with Gasteiger partial charge >= 0.3 is 11.9 Å². The quantitative estimate of drug-likeness (QED) is 0.522. The standard InChI is InChI=1S/C11H16O4/c1-4-6-11(9(12)13,10(14)15)7-5-8(2)3/h4-5H,1,6-7H2,2-3H3,(H,12,13)(H,14,15). The average Bonchev–Trinajstić information content (AvgIpc) is 2.10. The zero-order chi connectivity index (χ0) is 12.1. The summed E-state index contributed by atoms with van der Waals surface area (Å²) in [6.07, 6.45) is 2.83.